The van der Waals surface area contributed by atoms with Crippen molar-refractivity contribution in [2.24, 2.45) is 5.92 Å². The summed E-state index contributed by atoms with van der Waals surface area (Å²) in [5.74, 6) is 1.07. The van der Waals surface area contributed by atoms with Crippen LogP contribution in [0.3, 0.4) is 0 Å². The fourth-order valence-corrected chi connectivity index (χ4v) is 4.54. The van der Waals surface area contributed by atoms with E-state index in [1.165, 1.54) is 11.0 Å². The number of thioether (sulfide) groups is 1. The van der Waals surface area contributed by atoms with E-state index in [4.69, 9.17) is 4.98 Å². The lowest BCUT2D eigenvalue weighted by molar-refractivity contribution is 0.208. The molecule has 2 heterocycles. The number of pyridine rings is 1. The third-order valence-electron chi connectivity index (χ3n) is 5.69. The Morgan fingerprint density at radius 3 is 2.90 bits per heavy atom. The summed E-state index contributed by atoms with van der Waals surface area (Å²) in [5, 5.41) is 14.2. The molecule has 4 rings (SSSR count). The molecule has 0 bridgehead atoms. The molecule has 0 radical (unpaired) electrons. The monoisotopic (exact) mass is 425 g/mol. The van der Waals surface area contributed by atoms with Crippen molar-refractivity contribution < 1.29 is 9.50 Å². The lowest BCUT2D eigenvalue weighted by Crippen LogP contribution is -2.38. The van der Waals surface area contributed by atoms with Crippen LogP contribution in [0.4, 0.5) is 10.2 Å². The quantitative estimate of drug-likeness (QED) is 0.542. The fourth-order valence-electron chi connectivity index (χ4n) is 4.11. The highest BCUT2D eigenvalue weighted by Gasteiger charge is 2.22. The predicted molar refractivity (Wildman–Crippen MR) is 122 cm³/mol. The number of hydrogen-bond donors (Lipinski definition) is 2. The number of nitrogens with one attached hydrogen (secondary N) is 1. The number of hydrogen-bond acceptors (Lipinski definition) is 5. The number of nitrogens with zero attached hydrogens (tertiary/aromatic N) is 2. The van der Waals surface area contributed by atoms with E-state index < -0.39 is 0 Å². The zero-order chi connectivity index (χ0) is 20.9. The van der Waals surface area contributed by atoms with Crippen LogP contribution in [-0.2, 0) is 13.1 Å². The molecule has 3 aromatic rings. The molecular formula is C24H28FN3OS. The molecule has 6 heteroatoms. The lowest BCUT2D eigenvalue weighted by atomic mass is 9.98. The van der Waals surface area contributed by atoms with Gasteiger partial charge in [0.1, 0.15) is 11.6 Å². The van der Waals surface area contributed by atoms with Crippen LogP contribution in [0, 0.1) is 11.7 Å². The highest BCUT2D eigenvalue weighted by Crippen LogP contribution is 2.29. The van der Waals surface area contributed by atoms with E-state index in [0.717, 1.165) is 53.8 Å². The first-order valence-electron chi connectivity index (χ1n) is 10.4. The average Bonchev–Trinajstić information content (AvgIpc) is 2.78. The van der Waals surface area contributed by atoms with E-state index in [1.54, 1.807) is 23.9 Å². The van der Waals surface area contributed by atoms with Crippen molar-refractivity contribution in [1.29, 1.82) is 0 Å². The molecule has 2 aromatic carbocycles. The number of rotatable bonds is 7. The number of halogens is 1. The minimum atomic E-state index is -0.213. The molecule has 1 aliphatic rings. The van der Waals surface area contributed by atoms with Gasteiger partial charge in [-0.2, -0.15) is 0 Å². The van der Waals surface area contributed by atoms with E-state index >= 15 is 0 Å². The van der Waals surface area contributed by atoms with E-state index in [2.05, 4.69) is 40.7 Å². The summed E-state index contributed by atoms with van der Waals surface area (Å²) in [6.45, 7) is 3.25. The molecule has 0 aliphatic carbocycles. The first-order valence-corrected chi connectivity index (χ1v) is 11.7. The summed E-state index contributed by atoms with van der Waals surface area (Å²) in [7, 11) is 0. The van der Waals surface area contributed by atoms with Crippen LogP contribution < -0.4 is 10.2 Å². The van der Waals surface area contributed by atoms with E-state index in [1.807, 2.05) is 6.07 Å². The van der Waals surface area contributed by atoms with Crippen molar-refractivity contribution in [3.05, 3.63) is 65.5 Å². The van der Waals surface area contributed by atoms with Crippen LogP contribution in [0.15, 0.2) is 53.4 Å². The molecule has 2 N–H and O–H groups in total. The Labute approximate surface area is 181 Å². The fraction of sp³-hybridized carbons (Fsp3) is 0.375. The maximum absolute atomic E-state index is 13.5. The second-order valence-electron chi connectivity index (χ2n) is 7.90. The van der Waals surface area contributed by atoms with Crippen LogP contribution in [0.2, 0.25) is 0 Å². The number of aromatic nitrogens is 1. The number of benzene rings is 2. The molecule has 30 heavy (non-hydrogen) atoms. The normalized spacial score (nSPS) is 16.9. The van der Waals surface area contributed by atoms with Gasteiger partial charge >= 0.3 is 0 Å². The summed E-state index contributed by atoms with van der Waals surface area (Å²) >= 11 is 1.72. The molecule has 0 saturated carbocycles. The lowest BCUT2D eigenvalue weighted by Gasteiger charge is -2.34. The molecular weight excluding hydrogens is 397 g/mol. The van der Waals surface area contributed by atoms with Crippen molar-refractivity contribution in [3.8, 4) is 0 Å². The van der Waals surface area contributed by atoms with Gasteiger partial charge in [0, 0.05) is 48.6 Å². The first kappa shape index (κ1) is 21.1. The highest BCUT2D eigenvalue weighted by atomic mass is 32.2. The molecule has 1 saturated heterocycles. The molecule has 1 fully saturated rings. The highest BCUT2D eigenvalue weighted by molar-refractivity contribution is 7.98. The number of aliphatic hydroxyl groups is 1. The SMILES string of the molecule is CSc1ccc2cc(CNCc3cccc(F)c3)c(N3CCCC(CO)C3)nc2c1. The van der Waals surface area contributed by atoms with Crippen LogP contribution in [0.5, 0.6) is 0 Å². The van der Waals surface area contributed by atoms with Crippen molar-refractivity contribution in [3.63, 3.8) is 0 Å². The average molecular weight is 426 g/mol. The zero-order valence-corrected chi connectivity index (χ0v) is 18.1. The molecule has 4 nitrogen and oxygen atoms in total. The summed E-state index contributed by atoms with van der Waals surface area (Å²) < 4.78 is 13.5. The third-order valence-corrected chi connectivity index (χ3v) is 6.42. The van der Waals surface area contributed by atoms with Gasteiger partial charge in [0.25, 0.3) is 0 Å². The number of anilines is 1. The zero-order valence-electron chi connectivity index (χ0n) is 17.3. The maximum atomic E-state index is 13.5. The second kappa shape index (κ2) is 9.77. The summed E-state index contributed by atoms with van der Waals surface area (Å²) in [5.41, 5.74) is 3.06. The molecule has 158 valence electrons. The summed E-state index contributed by atoms with van der Waals surface area (Å²) in [6.07, 6.45) is 4.19. The minimum Gasteiger partial charge on any atom is -0.396 e. The first-order chi connectivity index (χ1) is 14.7. The Kier molecular flexibility index (Phi) is 6.87. The van der Waals surface area contributed by atoms with Crippen LogP contribution in [-0.4, -0.2) is 36.0 Å². The smallest absolute Gasteiger partial charge is 0.133 e. The van der Waals surface area contributed by atoms with Gasteiger partial charge in [-0.3, -0.25) is 0 Å². The Bertz CT molecular complexity index is 1010. The van der Waals surface area contributed by atoms with Crippen LogP contribution in [0.1, 0.15) is 24.0 Å². The van der Waals surface area contributed by atoms with Gasteiger partial charge < -0.3 is 15.3 Å². The van der Waals surface area contributed by atoms with Gasteiger partial charge in [0.05, 0.1) is 5.52 Å². The molecule has 0 amide bonds. The van der Waals surface area contributed by atoms with Gasteiger partial charge in [-0.15, -0.1) is 11.8 Å². The van der Waals surface area contributed by atoms with Gasteiger partial charge in [-0.25, -0.2) is 9.37 Å². The Balaban J connectivity index is 1.61. The Hall–Kier alpha value is -2.15. The van der Waals surface area contributed by atoms with Gasteiger partial charge in [-0.05, 0) is 60.9 Å². The van der Waals surface area contributed by atoms with Crippen LogP contribution >= 0.6 is 11.8 Å². The second-order valence-corrected chi connectivity index (χ2v) is 8.78. The van der Waals surface area contributed by atoms with Gasteiger partial charge in [-0.1, -0.05) is 18.2 Å². The van der Waals surface area contributed by atoms with E-state index in [-0.39, 0.29) is 12.4 Å². The molecule has 1 aliphatic heterocycles. The van der Waals surface area contributed by atoms with Crippen molar-refractivity contribution in [1.82, 2.24) is 10.3 Å². The molecule has 1 atom stereocenters. The summed E-state index contributed by atoms with van der Waals surface area (Å²) in [4.78, 5) is 8.56. The van der Waals surface area contributed by atoms with Gasteiger partial charge in [0.2, 0.25) is 0 Å². The summed E-state index contributed by atoms with van der Waals surface area (Å²) in [6, 6.07) is 15.3. The number of piperidine rings is 1. The molecule has 1 unspecified atom stereocenters. The van der Waals surface area contributed by atoms with Crippen molar-refractivity contribution >= 4 is 28.5 Å². The van der Waals surface area contributed by atoms with Gasteiger partial charge in [0.15, 0.2) is 0 Å². The Morgan fingerprint density at radius 1 is 1.20 bits per heavy atom. The molecule has 0 spiro atoms. The molecule has 1 aromatic heterocycles. The standard InChI is InChI=1S/C24H28FN3OS/c1-30-22-8-7-19-11-20(14-26-13-17-4-2-6-21(25)10-17)24(27-23(19)12-22)28-9-3-5-18(15-28)16-29/h2,4,6-8,10-12,18,26,29H,3,5,9,13-16H2,1H3. The third kappa shape index (κ3) is 4.94. The number of fused-ring (bicyclic) bond motifs is 1. The van der Waals surface area contributed by atoms with Crippen molar-refractivity contribution in [2.75, 3.05) is 30.9 Å². The maximum Gasteiger partial charge on any atom is 0.133 e. The van der Waals surface area contributed by atoms with E-state index in [0.29, 0.717) is 19.0 Å². The minimum absolute atomic E-state index is 0.213. The number of aliphatic hydroxyl groups excluding tert-OH is 1. The van der Waals surface area contributed by atoms with Crippen molar-refractivity contribution in [2.45, 2.75) is 30.8 Å². The Morgan fingerprint density at radius 2 is 2.10 bits per heavy atom. The van der Waals surface area contributed by atoms with Crippen LogP contribution in [0.25, 0.3) is 10.9 Å². The topological polar surface area (TPSA) is 48.4 Å². The van der Waals surface area contributed by atoms with E-state index in [9.17, 15) is 9.50 Å². The predicted octanol–water partition coefficient (Wildman–Crippen LogP) is 4.59. The largest absolute Gasteiger partial charge is 0.396 e.